The maximum absolute atomic E-state index is 10.4. The normalized spacial score (nSPS) is 39.9. The van der Waals surface area contributed by atoms with E-state index in [9.17, 15) is 5.11 Å². The molecular weight excluding hydrogens is 228 g/mol. The van der Waals surface area contributed by atoms with Gasteiger partial charge in [0.1, 0.15) is 0 Å². The van der Waals surface area contributed by atoms with Crippen LogP contribution in [-0.4, -0.2) is 22.7 Å². The van der Waals surface area contributed by atoms with Crippen molar-refractivity contribution in [2.75, 3.05) is 11.5 Å². The van der Waals surface area contributed by atoms with Crippen LogP contribution >= 0.6 is 11.8 Å². The van der Waals surface area contributed by atoms with E-state index < -0.39 is 0 Å². The molecule has 0 aromatic carbocycles. The summed E-state index contributed by atoms with van der Waals surface area (Å²) < 4.78 is 0. The predicted octanol–water partition coefficient (Wildman–Crippen LogP) is 3.95. The molecule has 2 saturated carbocycles. The molecule has 2 fully saturated rings. The molecule has 0 amide bonds. The largest absolute Gasteiger partial charge is 0.392 e. The predicted molar refractivity (Wildman–Crippen MR) is 76.3 cm³/mol. The molecule has 1 N–H and O–H groups in total. The van der Waals surface area contributed by atoms with E-state index in [0.29, 0.717) is 10.8 Å². The lowest BCUT2D eigenvalue weighted by atomic mass is 9.70. The van der Waals surface area contributed by atoms with E-state index in [1.807, 2.05) is 0 Å². The number of fused-ring (bicyclic) bond motifs is 2. The van der Waals surface area contributed by atoms with Gasteiger partial charge in [-0.3, -0.25) is 0 Å². The van der Waals surface area contributed by atoms with Crippen LogP contribution in [-0.2, 0) is 0 Å². The van der Waals surface area contributed by atoms with Crippen molar-refractivity contribution in [3.05, 3.63) is 0 Å². The molecular formula is C15H28OS. The highest BCUT2D eigenvalue weighted by molar-refractivity contribution is 7.99. The van der Waals surface area contributed by atoms with Crippen LogP contribution in [0, 0.1) is 22.2 Å². The number of aliphatic hydroxyl groups excluding tert-OH is 1. The Morgan fingerprint density at radius 1 is 1.29 bits per heavy atom. The molecule has 0 aliphatic heterocycles. The summed E-state index contributed by atoms with van der Waals surface area (Å²) in [6.45, 7) is 11.7. The Hall–Kier alpha value is 0.310. The SMILES string of the molecule is CC(C)(C)CSC[C@]12CC[C@H](C[C@H]1O)C2(C)C. The molecule has 3 atom stereocenters. The second-order valence-electron chi connectivity index (χ2n) is 7.92. The molecule has 100 valence electrons. The average Bonchev–Trinajstić information content (AvgIpc) is 2.49. The molecule has 2 aliphatic rings. The van der Waals surface area contributed by atoms with Crippen molar-refractivity contribution in [2.24, 2.45) is 22.2 Å². The molecule has 0 heterocycles. The molecule has 0 aromatic heterocycles. The van der Waals surface area contributed by atoms with Gasteiger partial charge in [-0.1, -0.05) is 34.6 Å². The van der Waals surface area contributed by atoms with Gasteiger partial charge in [-0.25, -0.2) is 0 Å². The first kappa shape index (κ1) is 13.7. The topological polar surface area (TPSA) is 20.2 Å². The fourth-order valence-corrected chi connectivity index (χ4v) is 5.71. The van der Waals surface area contributed by atoms with Gasteiger partial charge in [0.2, 0.25) is 0 Å². The van der Waals surface area contributed by atoms with E-state index in [4.69, 9.17) is 0 Å². The molecule has 17 heavy (non-hydrogen) atoms. The number of hydrogen-bond acceptors (Lipinski definition) is 2. The van der Waals surface area contributed by atoms with Crippen LogP contribution in [0.25, 0.3) is 0 Å². The summed E-state index contributed by atoms with van der Waals surface area (Å²) in [6.07, 6.45) is 3.57. The van der Waals surface area contributed by atoms with Gasteiger partial charge >= 0.3 is 0 Å². The molecule has 0 radical (unpaired) electrons. The standard InChI is InChI=1S/C15H28OS/c1-13(2,3)9-17-10-15-7-6-11(8-12(15)16)14(15,4)5/h11-12,16H,6-10H2,1-5H3/t11-,12-,15-/m1/s1. The lowest BCUT2D eigenvalue weighted by Gasteiger charge is -2.41. The van der Waals surface area contributed by atoms with Gasteiger partial charge in [-0.05, 0) is 41.8 Å². The lowest BCUT2D eigenvalue weighted by molar-refractivity contribution is 0.0167. The first-order chi connectivity index (χ1) is 7.69. The van der Waals surface area contributed by atoms with Gasteiger partial charge in [-0.2, -0.15) is 11.8 Å². The van der Waals surface area contributed by atoms with Crippen molar-refractivity contribution in [3.8, 4) is 0 Å². The summed E-state index contributed by atoms with van der Waals surface area (Å²) in [4.78, 5) is 0. The van der Waals surface area contributed by atoms with Crippen LogP contribution in [0.4, 0.5) is 0 Å². The molecule has 2 heteroatoms. The van der Waals surface area contributed by atoms with Gasteiger partial charge in [0.15, 0.2) is 0 Å². The summed E-state index contributed by atoms with van der Waals surface area (Å²) in [5.41, 5.74) is 0.942. The molecule has 0 aromatic rings. The van der Waals surface area contributed by atoms with E-state index in [1.54, 1.807) is 0 Å². The molecule has 0 unspecified atom stereocenters. The fourth-order valence-electron chi connectivity index (χ4n) is 3.92. The van der Waals surface area contributed by atoms with Gasteiger partial charge < -0.3 is 5.11 Å². The summed E-state index contributed by atoms with van der Waals surface area (Å²) in [7, 11) is 0. The zero-order valence-electron chi connectivity index (χ0n) is 12.0. The van der Waals surface area contributed by atoms with Gasteiger partial charge in [-0.15, -0.1) is 0 Å². The van der Waals surface area contributed by atoms with Crippen LogP contribution in [0.5, 0.6) is 0 Å². The van der Waals surface area contributed by atoms with Gasteiger partial charge in [0, 0.05) is 11.2 Å². The minimum absolute atomic E-state index is 0.0521. The minimum atomic E-state index is -0.0521. The van der Waals surface area contributed by atoms with Gasteiger partial charge in [0.05, 0.1) is 6.10 Å². The third-order valence-corrected chi connectivity index (χ3v) is 7.07. The maximum atomic E-state index is 10.4. The van der Waals surface area contributed by atoms with E-state index in [0.717, 1.165) is 18.1 Å². The average molecular weight is 256 g/mol. The monoisotopic (exact) mass is 256 g/mol. The fraction of sp³-hybridized carbons (Fsp3) is 1.00. The van der Waals surface area contributed by atoms with Crippen LogP contribution in [0.2, 0.25) is 0 Å². The molecule has 0 saturated heterocycles. The quantitative estimate of drug-likeness (QED) is 0.825. The highest BCUT2D eigenvalue weighted by Crippen LogP contribution is 2.66. The summed E-state index contributed by atoms with van der Waals surface area (Å²) >= 11 is 2.05. The molecule has 2 aliphatic carbocycles. The van der Waals surface area contributed by atoms with Crippen molar-refractivity contribution in [3.63, 3.8) is 0 Å². The third-order valence-electron chi connectivity index (χ3n) is 5.28. The van der Waals surface area contributed by atoms with Crippen LogP contribution in [0.15, 0.2) is 0 Å². The van der Waals surface area contributed by atoms with E-state index >= 15 is 0 Å². The highest BCUT2D eigenvalue weighted by Gasteiger charge is 2.63. The Labute approximate surface area is 111 Å². The van der Waals surface area contributed by atoms with E-state index in [1.165, 1.54) is 18.6 Å². The minimum Gasteiger partial charge on any atom is -0.392 e. The Kier molecular flexibility index (Phi) is 3.36. The number of rotatable bonds is 3. The first-order valence-electron chi connectivity index (χ1n) is 6.95. The Morgan fingerprint density at radius 3 is 2.35 bits per heavy atom. The van der Waals surface area contributed by atoms with Crippen molar-refractivity contribution in [1.29, 1.82) is 0 Å². The molecule has 2 rings (SSSR count). The zero-order chi connectivity index (χ0) is 12.9. The second-order valence-corrected chi connectivity index (χ2v) is 8.90. The van der Waals surface area contributed by atoms with Crippen molar-refractivity contribution in [2.45, 2.75) is 60.0 Å². The molecule has 0 spiro atoms. The van der Waals surface area contributed by atoms with E-state index in [-0.39, 0.29) is 11.5 Å². The highest BCUT2D eigenvalue weighted by atomic mass is 32.2. The lowest BCUT2D eigenvalue weighted by Crippen LogP contribution is -2.41. The van der Waals surface area contributed by atoms with Crippen LogP contribution in [0.3, 0.4) is 0 Å². The maximum Gasteiger partial charge on any atom is 0.0612 e. The summed E-state index contributed by atoms with van der Waals surface area (Å²) in [5.74, 6) is 3.10. The zero-order valence-corrected chi connectivity index (χ0v) is 12.9. The van der Waals surface area contributed by atoms with Crippen molar-refractivity contribution < 1.29 is 5.11 Å². The Balaban J connectivity index is 2.03. The smallest absolute Gasteiger partial charge is 0.0612 e. The summed E-state index contributed by atoms with van der Waals surface area (Å²) in [6, 6.07) is 0. The van der Waals surface area contributed by atoms with Crippen LogP contribution < -0.4 is 0 Å². The van der Waals surface area contributed by atoms with Gasteiger partial charge in [0.25, 0.3) is 0 Å². The molecule has 2 bridgehead atoms. The Morgan fingerprint density at radius 2 is 1.94 bits per heavy atom. The third kappa shape index (κ3) is 2.16. The van der Waals surface area contributed by atoms with Crippen molar-refractivity contribution >= 4 is 11.8 Å². The van der Waals surface area contributed by atoms with E-state index in [2.05, 4.69) is 46.4 Å². The number of thioether (sulfide) groups is 1. The summed E-state index contributed by atoms with van der Waals surface area (Å²) in [5, 5.41) is 10.4. The first-order valence-corrected chi connectivity index (χ1v) is 8.10. The number of hydrogen-bond donors (Lipinski definition) is 1. The Bertz CT molecular complexity index is 292. The van der Waals surface area contributed by atoms with Crippen molar-refractivity contribution in [1.82, 2.24) is 0 Å². The number of aliphatic hydroxyl groups is 1. The second kappa shape index (κ2) is 4.16. The molecule has 1 nitrogen and oxygen atoms in total. The van der Waals surface area contributed by atoms with Crippen LogP contribution in [0.1, 0.15) is 53.9 Å².